The van der Waals surface area contributed by atoms with Gasteiger partial charge in [-0.25, -0.2) is 4.79 Å². The molecular formula is C20H28N2O4S2. The highest BCUT2D eigenvalue weighted by atomic mass is 32.2. The predicted octanol–water partition coefficient (Wildman–Crippen LogP) is 3.35. The van der Waals surface area contributed by atoms with E-state index in [4.69, 9.17) is 4.74 Å². The van der Waals surface area contributed by atoms with Gasteiger partial charge >= 0.3 is 6.09 Å². The molecule has 0 spiro atoms. The third kappa shape index (κ3) is 8.14. The van der Waals surface area contributed by atoms with Gasteiger partial charge in [-0.15, -0.1) is 0 Å². The van der Waals surface area contributed by atoms with Crippen LogP contribution in [-0.4, -0.2) is 46.5 Å². The van der Waals surface area contributed by atoms with E-state index in [1.807, 2.05) is 36.6 Å². The molecule has 1 aliphatic rings. The fourth-order valence-electron chi connectivity index (χ4n) is 3.13. The summed E-state index contributed by atoms with van der Waals surface area (Å²) in [6.07, 6.45) is 4.45. The van der Waals surface area contributed by atoms with Crippen molar-refractivity contribution in [1.29, 1.82) is 0 Å². The maximum atomic E-state index is 12.7. The van der Waals surface area contributed by atoms with Crippen LogP contribution in [0.1, 0.15) is 38.2 Å². The van der Waals surface area contributed by atoms with Crippen molar-refractivity contribution in [2.45, 2.75) is 56.5 Å². The van der Waals surface area contributed by atoms with E-state index in [0.717, 1.165) is 30.6 Å². The molecule has 0 radical (unpaired) electrons. The number of alkyl carbamates (subject to hydrolysis) is 1. The number of carbonyl (C=O) groups is 3. The lowest BCUT2D eigenvalue weighted by molar-refractivity contribution is -0.123. The van der Waals surface area contributed by atoms with Gasteiger partial charge in [0.25, 0.3) is 0 Å². The van der Waals surface area contributed by atoms with Crippen LogP contribution in [-0.2, 0) is 20.9 Å². The SMILES string of the molecule is CSCCC(NC(=O)OCc1ccccc1)C(=O)NC1CCC(SC(C)=O)C1. The Morgan fingerprint density at radius 1 is 1.21 bits per heavy atom. The summed E-state index contributed by atoms with van der Waals surface area (Å²) >= 11 is 2.97. The Hall–Kier alpha value is -1.67. The molecule has 0 heterocycles. The summed E-state index contributed by atoms with van der Waals surface area (Å²) in [5.74, 6) is 0.564. The van der Waals surface area contributed by atoms with E-state index < -0.39 is 12.1 Å². The average Bonchev–Trinajstić information content (AvgIpc) is 3.10. The number of hydrogen-bond acceptors (Lipinski definition) is 6. The molecule has 2 N–H and O–H groups in total. The number of thioether (sulfide) groups is 2. The van der Waals surface area contributed by atoms with Crippen LogP contribution < -0.4 is 10.6 Å². The Kier molecular flexibility index (Phi) is 9.70. The third-order valence-electron chi connectivity index (χ3n) is 4.50. The first kappa shape index (κ1) is 22.6. The zero-order valence-electron chi connectivity index (χ0n) is 16.3. The highest BCUT2D eigenvalue weighted by Crippen LogP contribution is 2.30. The van der Waals surface area contributed by atoms with E-state index in [1.165, 1.54) is 11.8 Å². The molecule has 0 aliphatic heterocycles. The van der Waals surface area contributed by atoms with Gasteiger partial charge in [-0.05, 0) is 43.3 Å². The fourth-order valence-corrected chi connectivity index (χ4v) is 4.65. The predicted molar refractivity (Wildman–Crippen MR) is 114 cm³/mol. The van der Waals surface area contributed by atoms with E-state index in [9.17, 15) is 14.4 Å². The number of amides is 2. The molecule has 1 fully saturated rings. The quantitative estimate of drug-likeness (QED) is 0.632. The first-order valence-electron chi connectivity index (χ1n) is 9.41. The minimum absolute atomic E-state index is 0.0447. The number of hydrogen-bond donors (Lipinski definition) is 2. The van der Waals surface area contributed by atoms with E-state index in [1.54, 1.807) is 18.7 Å². The van der Waals surface area contributed by atoms with E-state index in [2.05, 4.69) is 10.6 Å². The van der Waals surface area contributed by atoms with Crippen molar-refractivity contribution in [3.8, 4) is 0 Å². The van der Waals surface area contributed by atoms with Crippen LogP contribution >= 0.6 is 23.5 Å². The molecule has 3 unspecified atom stereocenters. The zero-order chi connectivity index (χ0) is 20.4. The van der Waals surface area contributed by atoms with Gasteiger partial charge in [0.2, 0.25) is 5.91 Å². The highest BCUT2D eigenvalue weighted by Gasteiger charge is 2.30. The van der Waals surface area contributed by atoms with Crippen molar-refractivity contribution in [3.63, 3.8) is 0 Å². The first-order valence-corrected chi connectivity index (χ1v) is 11.7. The van der Waals surface area contributed by atoms with Crippen molar-refractivity contribution >= 4 is 40.6 Å². The zero-order valence-corrected chi connectivity index (χ0v) is 17.9. The van der Waals surface area contributed by atoms with Crippen molar-refractivity contribution in [2.24, 2.45) is 0 Å². The lowest BCUT2D eigenvalue weighted by Gasteiger charge is -2.21. The maximum Gasteiger partial charge on any atom is 0.408 e. The molecule has 3 atom stereocenters. The normalized spacial score (nSPS) is 19.6. The topological polar surface area (TPSA) is 84.5 Å². The second kappa shape index (κ2) is 12.0. The number of rotatable bonds is 9. The largest absolute Gasteiger partial charge is 0.445 e. The first-order chi connectivity index (χ1) is 13.5. The van der Waals surface area contributed by atoms with Crippen LogP contribution in [0.15, 0.2) is 30.3 Å². The summed E-state index contributed by atoms with van der Waals surface area (Å²) in [6, 6.07) is 8.82. The van der Waals surface area contributed by atoms with Crippen LogP contribution in [0.4, 0.5) is 4.79 Å². The minimum Gasteiger partial charge on any atom is -0.445 e. The second-order valence-corrected chi connectivity index (χ2v) is 9.25. The molecule has 1 aromatic carbocycles. The van der Waals surface area contributed by atoms with Gasteiger partial charge in [0.05, 0.1) is 0 Å². The Bertz CT molecular complexity index is 657. The van der Waals surface area contributed by atoms with Crippen molar-refractivity contribution in [1.82, 2.24) is 10.6 Å². The number of nitrogens with one attached hydrogen (secondary N) is 2. The Balaban J connectivity index is 1.82. The lowest BCUT2D eigenvalue weighted by atomic mass is 10.2. The summed E-state index contributed by atoms with van der Waals surface area (Å²) in [5, 5.41) is 6.09. The van der Waals surface area contributed by atoms with E-state index in [-0.39, 0.29) is 28.9 Å². The van der Waals surface area contributed by atoms with Gasteiger partial charge in [-0.2, -0.15) is 11.8 Å². The highest BCUT2D eigenvalue weighted by molar-refractivity contribution is 8.14. The van der Waals surface area contributed by atoms with Crippen LogP contribution in [0.5, 0.6) is 0 Å². The minimum atomic E-state index is -0.629. The van der Waals surface area contributed by atoms with E-state index >= 15 is 0 Å². The second-order valence-electron chi connectivity index (χ2n) is 6.79. The molecule has 0 aromatic heterocycles. The van der Waals surface area contributed by atoms with Crippen LogP contribution in [0.3, 0.4) is 0 Å². The average molecular weight is 425 g/mol. The molecule has 2 rings (SSSR count). The monoisotopic (exact) mass is 424 g/mol. The van der Waals surface area contributed by atoms with Gasteiger partial charge in [0, 0.05) is 18.2 Å². The van der Waals surface area contributed by atoms with Gasteiger partial charge < -0.3 is 15.4 Å². The van der Waals surface area contributed by atoms with Crippen LogP contribution in [0, 0.1) is 0 Å². The lowest BCUT2D eigenvalue weighted by Crippen LogP contribution is -2.49. The molecule has 1 saturated carbocycles. The van der Waals surface area contributed by atoms with Gasteiger partial charge in [0.15, 0.2) is 5.12 Å². The number of ether oxygens (including phenoxy) is 1. The molecule has 154 valence electrons. The summed E-state index contributed by atoms with van der Waals surface area (Å²) in [6.45, 7) is 1.73. The number of carbonyl (C=O) groups excluding carboxylic acids is 3. The Morgan fingerprint density at radius 2 is 1.96 bits per heavy atom. The molecule has 2 amide bonds. The summed E-state index contributed by atoms with van der Waals surface area (Å²) in [4.78, 5) is 36.1. The van der Waals surface area contributed by atoms with Gasteiger partial charge in [-0.1, -0.05) is 42.1 Å². The smallest absolute Gasteiger partial charge is 0.408 e. The van der Waals surface area contributed by atoms with Crippen LogP contribution in [0.25, 0.3) is 0 Å². The molecule has 6 nitrogen and oxygen atoms in total. The molecule has 8 heteroatoms. The van der Waals surface area contributed by atoms with Crippen molar-refractivity contribution in [3.05, 3.63) is 35.9 Å². The van der Waals surface area contributed by atoms with Crippen molar-refractivity contribution in [2.75, 3.05) is 12.0 Å². The van der Waals surface area contributed by atoms with Crippen molar-refractivity contribution < 1.29 is 19.1 Å². The standard InChI is InChI=1S/C20H28N2O4S2/c1-14(23)28-17-9-8-16(12-17)21-19(24)18(10-11-27-2)22-20(25)26-13-15-6-4-3-5-7-15/h3-7,16-18H,8-13H2,1-2H3,(H,21,24)(H,22,25). The van der Waals surface area contributed by atoms with E-state index in [0.29, 0.717) is 6.42 Å². The molecule has 0 saturated heterocycles. The molecule has 1 aromatic rings. The maximum absolute atomic E-state index is 12.7. The molecule has 0 bridgehead atoms. The molecule has 28 heavy (non-hydrogen) atoms. The summed E-state index contributed by atoms with van der Waals surface area (Å²) in [5.41, 5.74) is 0.891. The van der Waals surface area contributed by atoms with Crippen LogP contribution in [0.2, 0.25) is 0 Å². The number of benzene rings is 1. The van der Waals surface area contributed by atoms with Gasteiger partial charge in [-0.3, -0.25) is 9.59 Å². The molecule has 1 aliphatic carbocycles. The third-order valence-corrected chi connectivity index (χ3v) is 6.23. The summed E-state index contributed by atoms with van der Waals surface area (Å²) in [7, 11) is 0. The fraction of sp³-hybridized carbons (Fsp3) is 0.550. The summed E-state index contributed by atoms with van der Waals surface area (Å²) < 4.78 is 5.24. The van der Waals surface area contributed by atoms with Gasteiger partial charge in [0.1, 0.15) is 12.6 Å². The Morgan fingerprint density at radius 3 is 2.64 bits per heavy atom. The Labute approximate surface area is 174 Å². The molecular weight excluding hydrogens is 396 g/mol.